The Morgan fingerprint density at radius 1 is 1.47 bits per heavy atom. The molecular weight excluding hydrogens is 263 g/mol. The summed E-state index contributed by atoms with van der Waals surface area (Å²) >= 11 is 11.6. The number of halogens is 2. The van der Waals surface area contributed by atoms with E-state index in [1.54, 1.807) is 26.0 Å². The molecule has 0 aromatic carbocycles. The molecule has 0 saturated heterocycles. The second kappa shape index (κ2) is 5.21. The molecule has 0 saturated carbocycles. The number of pyridine rings is 1. The second-order valence-corrected chi connectivity index (χ2v) is 4.95. The summed E-state index contributed by atoms with van der Waals surface area (Å²) in [6.45, 7) is 3.38. The van der Waals surface area contributed by atoms with Crippen LogP contribution in [-0.4, -0.2) is 18.1 Å². The van der Waals surface area contributed by atoms with Gasteiger partial charge in [0, 0.05) is 11.6 Å². The highest BCUT2D eigenvalue weighted by atomic mass is 35.5. The van der Waals surface area contributed by atoms with E-state index in [4.69, 9.17) is 33.7 Å². The number of rotatable bonds is 3. The first-order valence-electron chi connectivity index (χ1n) is 4.96. The highest BCUT2D eigenvalue weighted by Crippen LogP contribution is 2.35. The molecule has 94 valence electrons. The summed E-state index contributed by atoms with van der Waals surface area (Å²) in [4.78, 5) is 15.5. The number of carbonyl (C=O) groups excluding carboxylic acids is 1. The zero-order valence-corrected chi connectivity index (χ0v) is 11.3. The first kappa shape index (κ1) is 14.2. The molecule has 1 rings (SSSR count). The Morgan fingerprint density at radius 2 is 2.06 bits per heavy atom. The Bertz CT molecular complexity index is 435. The van der Waals surface area contributed by atoms with E-state index in [9.17, 15) is 4.79 Å². The monoisotopic (exact) mass is 276 g/mol. The van der Waals surface area contributed by atoms with Gasteiger partial charge in [0.05, 0.1) is 12.5 Å². The van der Waals surface area contributed by atoms with E-state index in [1.807, 2.05) is 0 Å². The lowest BCUT2D eigenvalue weighted by Crippen LogP contribution is -2.37. The van der Waals surface area contributed by atoms with E-state index in [-0.39, 0.29) is 10.3 Å². The molecule has 0 aliphatic rings. The molecule has 0 unspecified atom stereocenters. The van der Waals surface area contributed by atoms with Crippen LogP contribution in [0.25, 0.3) is 0 Å². The minimum absolute atomic E-state index is 0.196. The number of hydrogen-bond donors (Lipinski definition) is 1. The number of nitrogens with zero attached hydrogens (tertiary/aromatic N) is 1. The zero-order chi connectivity index (χ0) is 13.2. The number of ether oxygens (including phenoxy) is 1. The smallest absolute Gasteiger partial charge is 0.313 e. The molecule has 17 heavy (non-hydrogen) atoms. The average molecular weight is 277 g/mol. The molecule has 0 aliphatic heterocycles. The maximum Gasteiger partial charge on any atom is 0.313 e. The number of methoxy groups -OCH3 is 1. The number of esters is 1. The van der Waals surface area contributed by atoms with Gasteiger partial charge in [-0.1, -0.05) is 29.3 Å². The summed E-state index contributed by atoms with van der Waals surface area (Å²) in [5, 5.41) is 0.476. The molecule has 0 fully saturated rings. The van der Waals surface area contributed by atoms with E-state index in [2.05, 4.69) is 4.98 Å². The van der Waals surface area contributed by atoms with Crippen molar-refractivity contribution in [2.75, 3.05) is 7.11 Å². The van der Waals surface area contributed by atoms with E-state index < -0.39 is 17.4 Å². The molecule has 2 N–H and O–H groups in total. The van der Waals surface area contributed by atoms with Crippen LogP contribution in [0, 0.1) is 5.41 Å². The van der Waals surface area contributed by atoms with Gasteiger partial charge in [-0.25, -0.2) is 4.98 Å². The largest absolute Gasteiger partial charge is 0.469 e. The maximum absolute atomic E-state index is 11.6. The van der Waals surface area contributed by atoms with Gasteiger partial charge in [0.1, 0.15) is 10.3 Å². The first-order valence-corrected chi connectivity index (χ1v) is 5.72. The second-order valence-electron chi connectivity index (χ2n) is 4.20. The standard InChI is InChI=1S/C11H14Cl2N2O2/c1-11(2,10(16)17-3)8(14)6-4-5-7(12)15-9(6)13/h4-5,8H,14H2,1-3H3/t8-/m1/s1. The number of carbonyl (C=O) groups is 1. The van der Waals surface area contributed by atoms with Crippen molar-refractivity contribution >= 4 is 29.2 Å². The van der Waals surface area contributed by atoms with Crippen LogP contribution in [-0.2, 0) is 9.53 Å². The average Bonchev–Trinajstić information content (AvgIpc) is 2.27. The molecule has 1 heterocycles. The minimum Gasteiger partial charge on any atom is -0.469 e. The highest BCUT2D eigenvalue weighted by Gasteiger charge is 2.37. The molecule has 0 bridgehead atoms. The van der Waals surface area contributed by atoms with E-state index in [0.29, 0.717) is 5.56 Å². The summed E-state index contributed by atoms with van der Waals surface area (Å²) in [7, 11) is 1.32. The quantitative estimate of drug-likeness (QED) is 0.681. The molecule has 0 spiro atoms. The summed E-state index contributed by atoms with van der Waals surface area (Å²) in [5.41, 5.74) is 5.70. The molecule has 6 heteroatoms. The third-order valence-corrected chi connectivity index (χ3v) is 3.18. The van der Waals surface area contributed by atoms with Gasteiger partial charge in [-0.05, 0) is 19.9 Å². The van der Waals surface area contributed by atoms with Crippen LogP contribution in [0.2, 0.25) is 10.3 Å². The van der Waals surface area contributed by atoms with Crippen molar-refractivity contribution in [2.24, 2.45) is 11.1 Å². The fourth-order valence-corrected chi connectivity index (χ4v) is 1.90. The molecule has 4 nitrogen and oxygen atoms in total. The van der Waals surface area contributed by atoms with Gasteiger partial charge in [0.25, 0.3) is 0 Å². The Balaban J connectivity index is 3.11. The fourth-order valence-electron chi connectivity index (χ4n) is 1.43. The number of hydrogen-bond acceptors (Lipinski definition) is 4. The van der Waals surface area contributed by atoms with E-state index >= 15 is 0 Å². The fraction of sp³-hybridized carbons (Fsp3) is 0.455. The molecule has 1 atom stereocenters. The number of nitrogens with two attached hydrogens (primary N) is 1. The van der Waals surface area contributed by atoms with Gasteiger partial charge in [-0.15, -0.1) is 0 Å². The molecule has 1 aromatic heterocycles. The van der Waals surface area contributed by atoms with Crippen molar-refractivity contribution in [1.82, 2.24) is 4.98 Å². The summed E-state index contributed by atoms with van der Waals surface area (Å²) < 4.78 is 4.71. The van der Waals surface area contributed by atoms with Gasteiger partial charge in [0.15, 0.2) is 0 Å². The minimum atomic E-state index is -0.895. The Morgan fingerprint density at radius 3 is 2.53 bits per heavy atom. The van der Waals surface area contributed by atoms with Crippen LogP contribution < -0.4 is 5.73 Å². The first-order chi connectivity index (χ1) is 7.80. The third kappa shape index (κ3) is 2.89. The van der Waals surface area contributed by atoms with Crippen molar-refractivity contribution in [1.29, 1.82) is 0 Å². The Kier molecular flexibility index (Phi) is 4.36. The van der Waals surface area contributed by atoms with Gasteiger partial charge in [0.2, 0.25) is 0 Å². The Hall–Kier alpha value is -0.840. The van der Waals surface area contributed by atoms with E-state index in [1.165, 1.54) is 7.11 Å². The number of aromatic nitrogens is 1. The van der Waals surface area contributed by atoms with E-state index in [0.717, 1.165) is 0 Å². The van der Waals surface area contributed by atoms with Crippen LogP contribution in [0.15, 0.2) is 12.1 Å². The SMILES string of the molecule is COC(=O)C(C)(C)[C@H](N)c1ccc(Cl)nc1Cl. The molecule has 0 radical (unpaired) electrons. The van der Waals surface area contributed by atoms with Crippen molar-refractivity contribution in [2.45, 2.75) is 19.9 Å². The maximum atomic E-state index is 11.6. The molecule has 1 aromatic rings. The van der Waals surface area contributed by atoms with Crippen LogP contribution >= 0.6 is 23.2 Å². The van der Waals surface area contributed by atoms with Crippen molar-refractivity contribution < 1.29 is 9.53 Å². The van der Waals surface area contributed by atoms with Crippen LogP contribution in [0.5, 0.6) is 0 Å². The Labute approximate surface area is 110 Å². The lowest BCUT2D eigenvalue weighted by molar-refractivity contribution is -0.152. The summed E-state index contributed by atoms with van der Waals surface area (Å²) in [6, 6.07) is 2.62. The van der Waals surface area contributed by atoms with Crippen LogP contribution in [0.4, 0.5) is 0 Å². The topological polar surface area (TPSA) is 65.2 Å². The molecule has 0 amide bonds. The van der Waals surface area contributed by atoms with Crippen LogP contribution in [0.3, 0.4) is 0 Å². The highest BCUT2D eigenvalue weighted by molar-refractivity contribution is 6.32. The van der Waals surface area contributed by atoms with Crippen LogP contribution in [0.1, 0.15) is 25.5 Å². The lowest BCUT2D eigenvalue weighted by Gasteiger charge is -2.29. The van der Waals surface area contributed by atoms with Crippen molar-refractivity contribution in [3.63, 3.8) is 0 Å². The predicted octanol–water partition coefficient (Wildman–Crippen LogP) is 2.59. The van der Waals surface area contributed by atoms with Gasteiger partial charge < -0.3 is 10.5 Å². The van der Waals surface area contributed by atoms with Crippen molar-refractivity contribution in [3.8, 4) is 0 Å². The van der Waals surface area contributed by atoms with Gasteiger partial charge in [-0.3, -0.25) is 4.79 Å². The predicted molar refractivity (Wildman–Crippen MR) is 67.0 cm³/mol. The normalized spacial score (nSPS) is 13.3. The lowest BCUT2D eigenvalue weighted by atomic mass is 9.81. The van der Waals surface area contributed by atoms with Crippen molar-refractivity contribution in [3.05, 3.63) is 28.0 Å². The zero-order valence-electron chi connectivity index (χ0n) is 9.83. The molecule has 0 aliphatic carbocycles. The summed E-state index contributed by atoms with van der Waals surface area (Å²) in [5.74, 6) is -0.406. The molecular formula is C11H14Cl2N2O2. The van der Waals surface area contributed by atoms with Gasteiger partial charge >= 0.3 is 5.97 Å². The summed E-state index contributed by atoms with van der Waals surface area (Å²) in [6.07, 6.45) is 0. The third-order valence-electron chi connectivity index (χ3n) is 2.67. The van der Waals surface area contributed by atoms with Gasteiger partial charge in [-0.2, -0.15) is 0 Å².